The van der Waals surface area contributed by atoms with Crippen molar-refractivity contribution in [2.75, 3.05) is 6.61 Å². The number of hydrogen-bond acceptors (Lipinski definition) is 3. The molecule has 70 valence electrons. The second-order valence-corrected chi connectivity index (χ2v) is 4.52. The highest BCUT2D eigenvalue weighted by Crippen LogP contribution is 1.96. The fraction of sp³-hybridized carbons (Fsp3) is 0.667. The normalized spacial score (nSPS) is 8.92. The second-order valence-electron chi connectivity index (χ2n) is 1.95. The number of hydrazone groups is 1. The standard InChI is InChI=1S/C6H10Br2N2O2/c1-2-3-4-12-6(11)10-9-5(7)8/h2-4H2,1H3,(H,10,11). The van der Waals surface area contributed by atoms with Crippen LogP contribution in [-0.4, -0.2) is 16.2 Å². The van der Waals surface area contributed by atoms with E-state index in [0.717, 1.165) is 12.8 Å². The molecule has 0 heterocycles. The molecule has 0 aromatic rings. The van der Waals surface area contributed by atoms with E-state index in [9.17, 15) is 4.79 Å². The third-order valence-corrected chi connectivity index (χ3v) is 1.32. The van der Waals surface area contributed by atoms with Crippen LogP contribution in [0, 0.1) is 0 Å². The fourth-order valence-electron chi connectivity index (χ4n) is 0.429. The SMILES string of the molecule is CCCCOC(=O)NN=C(Br)Br. The third-order valence-electron chi connectivity index (χ3n) is 0.963. The number of unbranched alkanes of at least 4 members (excludes halogenated alkanes) is 1. The molecule has 1 amide bonds. The number of nitrogens with one attached hydrogen (secondary N) is 1. The van der Waals surface area contributed by atoms with Crippen LogP contribution in [-0.2, 0) is 4.74 Å². The maximum atomic E-state index is 10.7. The molecule has 4 nitrogen and oxygen atoms in total. The van der Waals surface area contributed by atoms with Crippen LogP contribution in [0.1, 0.15) is 19.8 Å². The van der Waals surface area contributed by atoms with Gasteiger partial charge >= 0.3 is 6.09 Å². The maximum Gasteiger partial charge on any atom is 0.427 e. The zero-order valence-electron chi connectivity index (χ0n) is 6.64. The van der Waals surface area contributed by atoms with Gasteiger partial charge in [0.15, 0.2) is 3.53 Å². The number of nitrogens with zero attached hydrogens (tertiary/aromatic N) is 1. The molecule has 0 spiro atoms. The zero-order valence-corrected chi connectivity index (χ0v) is 9.81. The summed E-state index contributed by atoms with van der Waals surface area (Å²) in [5.74, 6) is 0. The number of ether oxygens (including phenoxy) is 1. The molecule has 0 aliphatic rings. The van der Waals surface area contributed by atoms with Crippen molar-refractivity contribution in [2.24, 2.45) is 5.10 Å². The lowest BCUT2D eigenvalue weighted by atomic mass is 10.4. The predicted octanol–water partition coefficient (Wildman–Crippen LogP) is 2.57. The summed E-state index contributed by atoms with van der Waals surface area (Å²) in [6.45, 7) is 2.45. The summed E-state index contributed by atoms with van der Waals surface area (Å²) in [6.07, 6.45) is 1.32. The smallest absolute Gasteiger partial charge is 0.427 e. The molecular formula is C6H10Br2N2O2. The molecule has 0 atom stereocenters. The van der Waals surface area contributed by atoms with Crippen molar-refractivity contribution in [3.63, 3.8) is 0 Å². The van der Waals surface area contributed by atoms with Gasteiger partial charge in [0.2, 0.25) is 0 Å². The average Bonchev–Trinajstić information content (AvgIpc) is 2.01. The molecule has 0 unspecified atom stereocenters. The van der Waals surface area contributed by atoms with Crippen LogP contribution in [0.5, 0.6) is 0 Å². The lowest BCUT2D eigenvalue weighted by molar-refractivity contribution is 0.145. The summed E-state index contributed by atoms with van der Waals surface area (Å²) < 4.78 is 5.15. The Morgan fingerprint density at radius 3 is 2.75 bits per heavy atom. The number of amides is 1. The van der Waals surface area contributed by atoms with E-state index >= 15 is 0 Å². The first-order chi connectivity index (χ1) is 5.66. The first kappa shape index (κ1) is 11.9. The van der Waals surface area contributed by atoms with Crippen LogP contribution >= 0.6 is 31.9 Å². The number of hydrogen-bond donors (Lipinski definition) is 1. The molecule has 0 saturated heterocycles. The molecular weight excluding hydrogens is 292 g/mol. The molecule has 1 N–H and O–H groups in total. The van der Waals surface area contributed by atoms with Crippen molar-refractivity contribution in [3.8, 4) is 0 Å². The summed E-state index contributed by atoms with van der Waals surface area (Å²) in [4.78, 5) is 10.7. The highest BCUT2D eigenvalue weighted by molar-refractivity contribution is 9.39. The van der Waals surface area contributed by atoms with Crippen molar-refractivity contribution in [2.45, 2.75) is 19.8 Å². The number of halogens is 2. The number of rotatable bonds is 4. The minimum Gasteiger partial charge on any atom is -0.448 e. The molecule has 0 aromatic heterocycles. The van der Waals surface area contributed by atoms with E-state index in [1.54, 1.807) is 0 Å². The first-order valence-electron chi connectivity index (χ1n) is 3.48. The van der Waals surface area contributed by atoms with Crippen molar-refractivity contribution >= 4 is 41.5 Å². The average molecular weight is 302 g/mol. The van der Waals surface area contributed by atoms with Gasteiger partial charge in [-0.05, 0) is 38.3 Å². The van der Waals surface area contributed by atoms with E-state index in [0.29, 0.717) is 10.1 Å². The van der Waals surface area contributed by atoms with Crippen molar-refractivity contribution in [1.29, 1.82) is 0 Å². The largest absolute Gasteiger partial charge is 0.448 e. The van der Waals surface area contributed by atoms with Crippen LogP contribution < -0.4 is 5.43 Å². The highest BCUT2D eigenvalue weighted by atomic mass is 79.9. The van der Waals surface area contributed by atoms with Crippen LogP contribution in [0.3, 0.4) is 0 Å². The van der Waals surface area contributed by atoms with Gasteiger partial charge in [0, 0.05) is 0 Å². The predicted molar refractivity (Wildman–Crippen MR) is 54.7 cm³/mol. The fourth-order valence-corrected chi connectivity index (χ4v) is 0.607. The molecule has 0 radical (unpaired) electrons. The third kappa shape index (κ3) is 8.00. The second kappa shape index (κ2) is 7.54. The van der Waals surface area contributed by atoms with Gasteiger partial charge in [-0.2, -0.15) is 5.10 Å². The lowest BCUT2D eigenvalue weighted by Crippen LogP contribution is -2.19. The topological polar surface area (TPSA) is 50.7 Å². The molecule has 0 rings (SSSR count). The Bertz CT molecular complexity index is 169. The summed E-state index contributed by atoms with van der Waals surface area (Å²) in [6, 6.07) is 0. The van der Waals surface area contributed by atoms with E-state index in [4.69, 9.17) is 4.74 Å². The first-order valence-corrected chi connectivity index (χ1v) is 5.07. The van der Waals surface area contributed by atoms with Gasteiger partial charge in [-0.3, -0.25) is 0 Å². The summed E-state index contributed by atoms with van der Waals surface area (Å²) in [7, 11) is 0. The van der Waals surface area contributed by atoms with Gasteiger partial charge in [0.25, 0.3) is 0 Å². The van der Waals surface area contributed by atoms with Gasteiger partial charge in [0.1, 0.15) is 0 Å². The van der Waals surface area contributed by atoms with Crippen LogP contribution in [0.25, 0.3) is 0 Å². The van der Waals surface area contributed by atoms with E-state index in [1.807, 2.05) is 6.92 Å². The van der Waals surface area contributed by atoms with E-state index in [-0.39, 0.29) is 0 Å². The Labute approximate surface area is 88.0 Å². The quantitative estimate of drug-likeness (QED) is 0.493. The summed E-state index contributed by atoms with van der Waals surface area (Å²) in [5, 5.41) is 3.53. The van der Waals surface area contributed by atoms with E-state index in [2.05, 4.69) is 42.4 Å². The number of carbonyl (C=O) groups excluding carboxylic acids is 1. The molecule has 0 saturated carbocycles. The highest BCUT2D eigenvalue weighted by Gasteiger charge is 1.98. The van der Waals surface area contributed by atoms with Crippen molar-refractivity contribution in [3.05, 3.63) is 0 Å². The molecule has 12 heavy (non-hydrogen) atoms. The monoisotopic (exact) mass is 300 g/mol. The Morgan fingerprint density at radius 1 is 1.58 bits per heavy atom. The van der Waals surface area contributed by atoms with E-state index in [1.165, 1.54) is 0 Å². The Hall–Kier alpha value is -0.100. The van der Waals surface area contributed by atoms with Crippen molar-refractivity contribution in [1.82, 2.24) is 5.43 Å². The van der Waals surface area contributed by atoms with Gasteiger partial charge < -0.3 is 4.74 Å². The minimum absolute atomic E-state index is 0.419. The lowest BCUT2D eigenvalue weighted by Gasteiger charge is -2.01. The molecule has 0 bridgehead atoms. The van der Waals surface area contributed by atoms with Crippen LogP contribution in [0.15, 0.2) is 5.10 Å². The van der Waals surface area contributed by atoms with Gasteiger partial charge in [0.05, 0.1) is 6.61 Å². The molecule has 0 aliphatic carbocycles. The van der Waals surface area contributed by atoms with Crippen LogP contribution in [0.4, 0.5) is 4.79 Å². The maximum absolute atomic E-state index is 10.7. The van der Waals surface area contributed by atoms with E-state index < -0.39 is 6.09 Å². The molecule has 6 heteroatoms. The Kier molecular flexibility index (Phi) is 7.48. The van der Waals surface area contributed by atoms with Gasteiger partial charge in [-0.1, -0.05) is 13.3 Å². The van der Waals surface area contributed by atoms with Gasteiger partial charge in [-0.25, -0.2) is 10.2 Å². The Morgan fingerprint density at radius 2 is 2.25 bits per heavy atom. The zero-order chi connectivity index (χ0) is 9.40. The van der Waals surface area contributed by atoms with Gasteiger partial charge in [-0.15, -0.1) is 0 Å². The summed E-state index contributed by atoms with van der Waals surface area (Å²) >= 11 is 5.96. The van der Waals surface area contributed by atoms with Crippen LogP contribution in [0.2, 0.25) is 0 Å². The molecule has 0 fully saturated rings. The minimum atomic E-state index is -0.542. The summed E-state index contributed by atoms with van der Waals surface area (Å²) in [5.41, 5.74) is 2.17. The number of carbonyl (C=O) groups is 1. The van der Waals surface area contributed by atoms with Crippen molar-refractivity contribution < 1.29 is 9.53 Å². The Balaban J connectivity index is 3.41. The molecule has 0 aromatic carbocycles. The molecule has 0 aliphatic heterocycles.